The highest BCUT2D eigenvalue weighted by atomic mass is 16.5. The van der Waals surface area contributed by atoms with E-state index in [0.29, 0.717) is 26.1 Å². The summed E-state index contributed by atoms with van der Waals surface area (Å²) in [5.74, 6) is -0.265. The van der Waals surface area contributed by atoms with Crippen LogP contribution in [0, 0.1) is 5.41 Å². The largest absolute Gasteiger partial charge is 0.465 e. The molecule has 0 heterocycles. The van der Waals surface area contributed by atoms with Crippen molar-refractivity contribution in [1.82, 2.24) is 0 Å². The van der Waals surface area contributed by atoms with Crippen molar-refractivity contribution in [3.63, 3.8) is 0 Å². The second-order valence-corrected chi connectivity index (χ2v) is 11.1. The van der Waals surface area contributed by atoms with E-state index in [1.54, 1.807) is 0 Å². The van der Waals surface area contributed by atoms with Gasteiger partial charge in [-0.3, -0.25) is 9.59 Å². The van der Waals surface area contributed by atoms with Crippen molar-refractivity contribution < 1.29 is 29.3 Å². The van der Waals surface area contributed by atoms with Crippen LogP contribution in [0.4, 0.5) is 0 Å². The van der Waals surface area contributed by atoms with E-state index in [2.05, 4.69) is 13.8 Å². The van der Waals surface area contributed by atoms with Crippen LogP contribution in [0.3, 0.4) is 0 Å². The molecule has 0 spiro atoms. The molecule has 2 N–H and O–H groups in total. The molecule has 0 unspecified atom stereocenters. The van der Waals surface area contributed by atoms with Gasteiger partial charge < -0.3 is 19.7 Å². The van der Waals surface area contributed by atoms with E-state index in [1.165, 1.54) is 89.9 Å². The molecule has 0 aromatic heterocycles. The first-order chi connectivity index (χ1) is 17.8. The number of aliphatic hydroxyl groups is 2. The Hall–Kier alpha value is -1.14. The number of aliphatic hydroxyl groups excluding tert-OH is 2. The van der Waals surface area contributed by atoms with Crippen LogP contribution in [0.15, 0.2) is 0 Å². The van der Waals surface area contributed by atoms with Gasteiger partial charge in [-0.25, -0.2) is 0 Å². The maximum absolute atomic E-state index is 12.0. The molecule has 222 valence electrons. The van der Waals surface area contributed by atoms with Gasteiger partial charge in [-0.1, -0.05) is 130 Å². The maximum atomic E-state index is 12.0. The minimum atomic E-state index is -0.345. The molecule has 0 atom stereocenters. The third kappa shape index (κ3) is 32.8. The molecule has 37 heavy (non-hydrogen) atoms. The highest BCUT2D eigenvalue weighted by Crippen LogP contribution is 2.18. The number of unbranched alkanes of at least 4 members (excludes halogenated alkanes) is 16. The van der Waals surface area contributed by atoms with Crippen molar-refractivity contribution in [1.29, 1.82) is 0 Å². The molecule has 6 nitrogen and oxygen atoms in total. The van der Waals surface area contributed by atoms with Gasteiger partial charge in [-0.15, -0.1) is 0 Å². The fourth-order valence-corrected chi connectivity index (χ4v) is 3.90. The lowest BCUT2D eigenvalue weighted by Gasteiger charge is -2.23. The fourth-order valence-electron chi connectivity index (χ4n) is 3.90. The molecule has 0 aliphatic rings. The van der Waals surface area contributed by atoms with Gasteiger partial charge in [-0.05, 0) is 12.8 Å². The molecular formula is C31H62O6. The summed E-state index contributed by atoms with van der Waals surface area (Å²) in [4.78, 5) is 24.0. The van der Waals surface area contributed by atoms with Gasteiger partial charge in [0.25, 0.3) is 0 Å². The van der Waals surface area contributed by atoms with Crippen molar-refractivity contribution in [2.75, 3.05) is 26.4 Å². The van der Waals surface area contributed by atoms with Gasteiger partial charge in [0.1, 0.15) is 0 Å². The van der Waals surface area contributed by atoms with Crippen molar-refractivity contribution in [2.45, 2.75) is 156 Å². The van der Waals surface area contributed by atoms with Crippen LogP contribution in [0.2, 0.25) is 0 Å². The highest BCUT2D eigenvalue weighted by molar-refractivity contribution is 5.69. The monoisotopic (exact) mass is 530 g/mol. The molecule has 6 heteroatoms. The lowest BCUT2D eigenvalue weighted by atomic mass is 9.96. The van der Waals surface area contributed by atoms with E-state index < -0.39 is 0 Å². The molecule has 0 amide bonds. The molecule has 0 radical (unpaired) electrons. The number of carbonyl (C=O) groups excluding carboxylic acids is 2. The molecule has 0 bridgehead atoms. The van der Waals surface area contributed by atoms with Crippen LogP contribution in [-0.2, 0) is 19.1 Å². The fraction of sp³-hybridized carbons (Fsp3) is 0.935. The van der Waals surface area contributed by atoms with Gasteiger partial charge in [0, 0.05) is 18.3 Å². The topological polar surface area (TPSA) is 93.1 Å². The Kier molecular flexibility index (Phi) is 30.2. The number of carbonyl (C=O) groups is 2. The first-order valence-corrected chi connectivity index (χ1v) is 15.4. The normalized spacial score (nSPS) is 11.1. The van der Waals surface area contributed by atoms with Gasteiger partial charge in [0.05, 0.1) is 26.4 Å². The standard InChI is InChI=1S/C29H56O4.C2H6O2/c1-5-7-9-11-13-15-17-19-21-23-27(30)32-25-29(3,4)26-33-28(31)24-22-20-18-16-14-12-10-8-6-2;3-1-2-4/h5-26H2,1-4H3;3-4H,1-2H2. The van der Waals surface area contributed by atoms with Gasteiger partial charge >= 0.3 is 11.9 Å². The number of hydrogen-bond acceptors (Lipinski definition) is 6. The van der Waals surface area contributed by atoms with Gasteiger partial charge in [-0.2, -0.15) is 0 Å². The lowest BCUT2D eigenvalue weighted by molar-refractivity contribution is -0.152. The van der Waals surface area contributed by atoms with E-state index in [1.807, 2.05) is 13.8 Å². The number of hydrogen-bond donors (Lipinski definition) is 2. The summed E-state index contributed by atoms with van der Waals surface area (Å²) in [5, 5.41) is 15.2. The Bertz CT molecular complexity index is 450. The Balaban J connectivity index is 0. The Morgan fingerprint density at radius 1 is 0.514 bits per heavy atom. The third-order valence-corrected chi connectivity index (χ3v) is 6.32. The zero-order chi connectivity index (χ0) is 28.0. The van der Waals surface area contributed by atoms with Crippen molar-refractivity contribution >= 4 is 11.9 Å². The first-order valence-electron chi connectivity index (χ1n) is 15.4. The molecule has 0 aliphatic heterocycles. The summed E-state index contributed by atoms with van der Waals surface area (Å²) in [7, 11) is 0. The number of rotatable bonds is 25. The smallest absolute Gasteiger partial charge is 0.305 e. The minimum Gasteiger partial charge on any atom is -0.465 e. The first kappa shape index (κ1) is 38.0. The summed E-state index contributed by atoms with van der Waals surface area (Å²) in [6.45, 7) is 8.79. The summed E-state index contributed by atoms with van der Waals surface area (Å²) in [6, 6.07) is 0. The van der Waals surface area contributed by atoms with Crippen LogP contribution in [-0.4, -0.2) is 48.6 Å². The van der Waals surface area contributed by atoms with Crippen LogP contribution in [0.5, 0.6) is 0 Å². The van der Waals surface area contributed by atoms with E-state index in [-0.39, 0.29) is 30.6 Å². The van der Waals surface area contributed by atoms with Gasteiger partial charge in [0.15, 0.2) is 0 Å². The molecule has 0 saturated heterocycles. The van der Waals surface area contributed by atoms with E-state index in [9.17, 15) is 9.59 Å². The van der Waals surface area contributed by atoms with Crippen LogP contribution in [0.1, 0.15) is 156 Å². The Morgan fingerprint density at radius 3 is 1.05 bits per heavy atom. The molecule has 0 aromatic carbocycles. The molecular weight excluding hydrogens is 468 g/mol. The molecule has 0 aliphatic carbocycles. The second-order valence-electron chi connectivity index (χ2n) is 11.1. The predicted octanol–water partition coefficient (Wildman–Crippen LogP) is 7.91. The quantitative estimate of drug-likeness (QED) is 0.0920. The molecule has 0 rings (SSSR count). The Labute approximate surface area is 229 Å². The van der Waals surface area contributed by atoms with Crippen LogP contribution < -0.4 is 0 Å². The zero-order valence-electron chi connectivity index (χ0n) is 25.0. The van der Waals surface area contributed by atoms with Crippen molar-refractivity contribution in [3.8, 4) is 0 Å². The lowest BCUT2D eigenvalue weighted by Crippen LogP contribution is -2.28. The third-order valence-electron chi connectivity index (χ3n) is 6.32. The average molecular weight is 531 g/mol. The zero-order valence-corrected chi connectivity index (χ0v) is 25.0. The van der Waals surface area contributed by atoms with Gasteiger partial charge in [0.2, 0.25) is 0 Å². The minimum absolute atomic E-state index is 0.125. The van der Waals surface area contributed by atoms with E-state index >= 15 is 0 Å². The molecule has 0 fully saturated rings. The van der Waals surface area contributed by atoms with Crippen molar-refractivity contribution in [2.24, 2.45) is 5.41 Å². The molecule has 0 aromatic rings. The summed E-state index contributed by atoms with van der Waals surface area (Å²) < 4.78 is 10.9. The second kappa shape index (κ2) is 29.4. The van der Waals surface area contributed by atoms with Crippen LogP contribution in [0.25, 0.3) is 0 Å². The highest BCUT2D eigenvalue weighted by Gasteiger charge is 2.22. The van der Waals surface area contributed by atoms with E-state index in [0.717, 1.165) is 25.7 Å². The van der Waals surface area contributed by atoms with Crippen molar-refractivity contribution in [3.05, 3.63) is 0 Å². The predicted molar refractivity (Wildman–Crippen MR) is 154 cm³/mol. The SMILES string of the molecule is CCCCCCCCCCCC(=O)OCC(C)(C)COC(=O)CCCCCCCCCCC.OCCO. The summed E-state index contributed by atoms with van der Waals surface area (Å²) in [5.41, 5.74) is -0.345. The molecule has 0 saturated carbocycles. The summed E-state index contributed by atoms with van der Waals surface area (Å²) in [6.07, 6.45) is 23.3. The summed E-state index contributed by atoms with van der Waals surface area (Å²) >= 11 is 0. The average Bonchev–Trinajstić information content (AvgIpc) is 2.89. The van der Waals surface area contributed by atoms with E-state index in [4.69, 9.17) is 19.7 Å². The van der Waals surface area contributed by atoms with Crippen LogP contribution >= 0.6 is 0 Å². The number of esters is 2. The Morgan fingerprint density at radius 2 is 0.784 bits per heavy atom. The maximum Gasteiger partial charge on any atom is 0.305 e. The number of ether oxygens (including phenoxy) is 2.